The lowest BCUT2D eigenvalue weighted by Gasteiger charge is -1.93. The number of phenols is 1. The highest BCUT2D eigenvalue weighted by atomic mass is 127. The molecule has 0 heterocycles. The van der Waals surface area contributed by atoms with Crippen LogP contribution in [0.5, 0.6) is 5.75 Å². The van der Waals surface area contributed by atoms with Crippen molar-refractivity contribution in [2.75, 3.05) is 0 Å². The van der Waals surface area contributed by atoms with E-state index in [-0.39, 0.29) is 5.75 Å². The average Bonchev–Trinajstić information content (AvgIpc) is 1.88. The van der Waals surface area contributed by atoms with E-state index in [0.29, 0.717) is 9.26 Å². The van der Waals surface area contributed by atoms with E-state index in [2.05, 4.69) is 5.18 Å². The Hall–Kier alpha value is -0.650. The largest absolute Gasteiger partial charge is 0.508 e. The van der Waals surface area contributed by atoms with E-state index >= 15 is 0 Å². The molecule has 3 nitrogen and oxygen atoms in total. The zero-order valence-electron chi connectivity index (χ0n) is 4.91. The fourth-order valence-electron chi connectivity index (χ4n) is 0.570. The Bertz CT molecular complexity index is 262. The highest BCUT2D eigenvalue weighted by molar-refractivity contribution is 14.1. The molecule has 4 heteroatoms. The SMILES string of the molecule is O=Nc1ccc(O)cc1I. The van der Waals surface area contributed by atoms with Crippen molar-refractivity contribution in [1.29, 1.82) is 0 Å². The average molecular weight is 249 g/mol. The molecule has 0 amide bonds. The van der Waals surface area contributed by atoms with Gasteiger partial charge in [-0.25, -0.2) is 0 Å². The van der Waals surface area contributed by atoms with Crippen LogP contribution in [-0.2, 0) is 0 Å². The third kappa shape index (κ3) is 1.44. The summed E-state index contributed by atoms with van der Waals surface area (Å²) in [6, 6.07) is 4.39. The smallest absolute Gasteiger partial charge is 0.121 e. The third-order valence-corrected chi connectivity index (χ3v) is 1.89. The van der Waals surface area contributed by atoms with Crippen LogP contribution in [0.25, 0.3) is 0 Å². The molecule has 0 radical (unpaired) electrons. The lowest BCUT2D eigenvalue weighted by atomic mass is 10.3. The monoisotopic (exact) mass is 249 g/mol. The van der Waals surface area contributed by atoms with Gasteiger partial charge in [0.25, 0.3) is 0 Å². The zero-order valence-corrected chi connectivity index (χ0v) is 7.07. The van der Waals surface area contributed by atoms with Crippen molar-refractivity contribution in [3.63, 3.8) is 0 Å². The predicted molar refractivity (Wildman–Crippen MR) is 46.3 cm³/mol. The number of benzene rings is 1. The van der Waals surface area contributed by atoms with Crippen LogP contribution >= 0.6 is 22.6 Å². The Morgan fingerprint density at radius 2 is 2.20 bits per heavy atom. The topological polar surface area (TPSA) is 49.7 Å². The van der Waals surface area contributed by atoms with Crippen LogP contribution < -0.4 is 0 Å². The van der Waals surface area contributed by atoms with Gasteiger partial charge in [0.1, 0.15) is 11.4 Å². The number of rotatable bonds is 1. The second-order valence-electron chi connectivity index (χ2n) is 1.73. The minimum Gasteiger partial charge on any atom is -0.508 e. The van der Waals surface area contributed by atoms with Crippen molar-refractivity contribution in [3.8, 4) is 5.75 Å². The third-order valence-electron chi connectivity index (χ3n) is 1.03. The van der Waals surface area contributed by atoms with Crippen LogP contribution in [0.1, 0.15) is 0 Å². The van der Waals surface area contributed by atoms with Crippen molar-refractivity contribution < 1.29 is 5.11 Å². The Balaban J connectivity index is 3.19. The van der Waals surface area contributed by atoms with Crippen LogP contribution in [-0.4, -0.2) is 5.11 Å². The predicted octanol–water partition coefficient (Wildman–Crippen LogP) is 2.39. The standard InChI is InChI=1S/C6H4INO2/c7-5-3-4(9)1-2-6(5)8-10/h1-3,9H. The fourth-order valence-corrected chi connectivity index (χ4v) is 1.17. The van der Waals surface area contributed by atoms with Crippen LogP contribution in [0, 0.1) is 8.48 Å². The van der Waals surface area contributed by atoms with Crippen molar-refractivity contribution >= 4 is 28.3 Å². The number of aromatic hydroxyl groups is 1. The van der Waals surface area contributed by atoms with E-state index in [1.807, 2.05) is 22.6 Å². The molecule has 52 valence electrons. The first-order valence-electron chi connectivity index (χ1n) is 2.56. The summed E-state index contributed by atoms with van der Waals surface area (Å²) in [4.78, 5) is 10.0. The van der Waals surface area contributed by atoms with Gasteiger partial charge in [-0.15, -0.1) is 4.91 Å². The zero-order chi connectivity index (χ0) is 7.56. The molecule has 0 bridgehead atoms. The first-order valence-corrected chi connectivity index (χ1v) is 3.64. The van der Waals surface area contributed by atoms with Crippen LogP contribution in [0.2, 0.25) is 0 Å². The second kappa shape index (κ2) is 2.96. The van der Waals surface area contributed by atoms with Gasteiger partial charge in [0.2, 0.25) is 0 Å². The van der Waals surface area contributed by atoms with E-state index in [1.165, 1.54) is 18.2 Å². The van der Waals surface area contributed by atoms with Crippen molar-refractivity contribution in [2.45, 2.75) is 0 Å². The maximum Gasteiger partial charge on any atom is 0.121 e. The van der Waals surface area contributed by atoms with Gasteiger partial charge < -0.3 is 5.11 Å². The summed E-state index contributed by atoms with van der Waals surface area (Å²) in [5.41, 5.74) is 0.360. The van der Waals surface area contributed by atoms with Gasteiger partial charge >= 0.3 is 0 Å². The first-order chi connectivity index (χ1) is 4.74. The summed E-state index contributed by atoms with van der Waals surface area (Å²) < 4.78 is 0.660. The van der Waals surface area contributed by atoms with Gasteiger partial charge in [-0.1, -0.05) is 0 Å². The summed E-state index contributed by atoms with van der Waals surface area (Å²) >= 11 is 1.93. The molecule has 0 saturated heterocycles. The van der Waals surface area contributed by atoms with Crippen LogP contribution in [0.3, 0.4) is 0 Å². The molecule has 0 atom stereocenters. The Kier molecular flexibility index (Phi) is 2.21. The van der Waals surface area contributed by atoms with E-state index in [4.69, 9.17) is 5.11 Å². The molecule has 0 aliphatic carbocycles. The van der Waals surface area contributed by atoms with Gasteiger partial charge in [-0.05, 0) is 46.0 Å². The Labute approximate surface area is 71.2 Å². The lowest BCUT2D eigenvalue weighted by molar-refractivity contribution is 0.475. The molecule has 1 rings (SSSR count). The van der Waals surface area contributed by atoms with Crippen LogP contribution in [0.4, 0.5) is 5.69 Å². The van der Waals surface area contributed by atoms with Crippen molar-refractivity contribution in [1.82, 2.24) is 0 Å². The van der Waals surface area contributed by atoms with E-state index < -0.39 is 0 Å². The van der Waals surface area contributed by atoms with Gasteiger partial charge in [-0.2, -0.15) is 0 Å². The first kappa shape index (κ1) is 7.46. The van der Waals surface area contributed by atoms with Crippen molar-refractivity contribution in [2.24, 2.45) is 5.18 Å². The molecular weight excluding hydrogens is 245 g/mol. The van der Waals surface area contributed by atoms with Gasteiger partial charge in [-0.3, -0.25) is 0 Å². The number of nitroso groups, excluding NO2 is 1. The number of nitrogens with zero attached hydrogens (tertiary/aromatic N) is 1. The number of halogens is 1. The van der Waals surface area contributed by atoms with Crippen molar-refractivity contribution in [3.05, 3.63) is 26.7 Å². The fraction of sp³-hybridized carbons (Fsp3) is 0. The molecule has 0 aliphatic heterocycles. The molecular formula is C6H4INO2. The lowest BCUT2D eigenvalue weighted by Crippen LogP contribution is -1.70. The molecule has 0 aromatic heterocycles. The number of hydrogen-bond acceptors (Lipinski definition) is 3. The molecule has 0 spiro atoms. The minimum atomic E-state index is 0.150. The molecule has 0 aliphatic rings. The van der Waals surface area contributed by atoms with Gasteiger partial charge in [0.15, 0.2) is 0 Å². The molecule has 1 aromatic carbocycles. The van der Waals surface area contributed by atoms with Crippen LogP contribution in [0.15, 0.2) is 23.4 Å². The Morgan fingerprint density at radius 1 is 1.50 bits per heavy atom. The number of phenolic OH excluding ortho intramolecular Hbond substituents is 1. The summed E-state index contributed by atoms with van der Waals surface area (Å²) in [7, 11) is 0. The quantitative estimate of drug-likeness (QED) is 0.613. The highest BCUT2D eigenvalue weighted by Gasteiger charge is 1.98. The summed E-state index contributed by atoms with van der Waals surface area (Å²) in [5, 5.41) is 11.6. The molecule has 0 fully saturated rings. The second-order valence-corrected chi connectivity index (χ2v) is 2.89. The Morgan fingerprint density at radius 3 is 2.70 bits per heavy atom. The molecule has 0 unspecified atom stereocenters. The maximum atomic E-state index is 10.0. The number of hydrogen-bond donors (Lipinski definition) is 1. The normalized spacial score (nSPS) is 9.30. The molecule has 0 saturated carbocycles. The summed E-state index contributed by atoms with van der Waals surface area (Å²) in [6.07, 6.45) is 0. The van der Waals surface area contributed by atoms with Gasteiger partial charge in [0.05, 0.1) is 0 Å². The van der Waals surface area contributed by atoms with E-state index in [9.17, 15) is 4.91 Å². The molecule has 1 aromatic rings. The summed E-state index contributed by atoms with van der Waals surface area (Å²) in [5.74, 6) is 0.150. The van der Waals surface area contributed by atoms with Gasteiger partial charge in [0, 0.05) is 3.57 Å². The maximum absolute atomic E-state index is 10.0. The molecule has 1 N–H and O–H groups in total. The summed E-state index contributed by atoms with van der Waals surface area (Å²) in [6.45, 7) is 0. The minimum absolute atomic E-state index is 0.150. The molecule has 10 heavy (non-hydrogen) atoms. The highest BCUT2D eigenvalue weighted by Crippen LogP contribution is 2.24. The van der Waals surface area contributed by atoms with E-state index in [1.54, 1.807) is 0 Å². The van der Waals surface area contributed by atoms with E-state index in [0.717, 1.165) is 0 Å².